The van der Waals surface area contributed by atoms with Crippen LogP contribution in [0.15, 0.2) is 48.5 Å². The van der Waals surface area contributed by atoms with Gasteiger partial charge in [-0.3, -0.25) is 9.69 Å². The first-order valence-corrected chi connectivity index (χ1v) is 10.5. The average molecular weight is 418 g/mol. The van der Waals surface area contributed by atoms with Crippen LogP contribution in [0.4, 0.5) is 4.39 Å². The van der Waals surface area contributed by atoms with Crippen molar-refractivity contribution in [3.05, 3.63) is 70.5 Å². The number of hydrogen-bond acceptors (Lipinski definition) is 3. The molecular formula is C23H29ClFN3O. The van der Waals surface area contributed by atoms with Gasteiger partial charge < -0.3 is 10.6 Å². The minimum Gasteiger partial charge on any atom is -0.337 e. The number of benzene rings is 2. The van der Waals surface area contributed by atoms with Crippen molar-refractivity contribution in [1.82, 2.24) is 9.80 Å². The zero-order chi connectivity index (χ0) is 21.0. The smallest absolute Gasteiger partial charge is 0.223 e. The Kier molecular flexibility index (Phi) is 7.28. The van der Waals surface area contributed by atoms with E-state index in [1.165, 1.54) is 12.1 Å². The third-order valence-corrected chi connectivity index (χ3v) is 6.03. The molecule has 1 heterocycles. The fourth-order valence-corrected chi connectivity index (χ4v) is 4.12. The number of nitrogens with zero attached hydrogens (tertiary/aromatic N) is 2. The van der Waals surface area contributed by atoms with E-state index in [4.69, 9.17) is 17.3 Å². The summed E-state index contributed by atoms with van der Waals surface area (Å²) in [7, 11) is 0. The molecule has 6 heteroatoms. The van der Waals surface area contributed by atoms with Crippen molar-refractivity contribution in [1.29, 1.82) is 0 Å². The first kappa shape index (κ1) is 21.8. The number of carbonyl (C=O) groups excluding carboxylic acids is 1. The van der Waals surface area contributed by atoms with Crippen LogP contribution in [0.2, 0.25) is 5.02 Å². The van der Waals surface area contributed by atoms with E-state index in [0.29, 0.717) is 24.5 Å². The average Bonchev–Trinajstić information content (AvgIpc) is 2.71. The number of halogens is 2. The molecule has 1 unspecified atom stereocenters. The Morgan fingerprint density at radius 3 is 2.38 bits per heavy atom. The van der Waals surface area contributed by atoms with E-state index in [-0.39, 0.29) is 29.7 Å². The lowest BCUT2D eigenvalue weighted by atomic mass is 9.94. The lowest BCUT2D eigenvalue weighted by Crippen LogP contribution is -2.57. The van der Waals surface area contributed by atoms with Crippen molar-refractivity contribution in [2.45, 2.75) is 44.8 Å². The van der Waals surface area contributed by atoms with Gasteiger partial charge in [0, 0.05) is 49.1 Å². The topological polar surface area (TPSA) is 49.6 Å². The minimum absolute atomic E-state index is 0.0143. The second-order valence-electron chi connectivity index (χ2n) is 7.99. The van der Waals surface area contributed by atoms with Gasteiger partial charge in [0.25, 0.3) is 0 Å². The molecule has 1 fully saturated rings. The normalized spacial score (nSPS) is 21.2. The third kappa shape index (κ3) is 5.56. The predicted molar refractivity (Wildman–Crippen MR) is 115 cm³/mol. The van der Waals surface area contributed by atoms with E-state index >= 15 is 0 Å². The van der Waals surface area contributed by atoms with Gasteiger partial charge in [0.2, 0.25) is 5.91 Å². The number of piperazine rings is 1. The molecule has 0 aromatic heterocycles. The van der Waals surface area contributed by atoms with Gasteiger partial charge in [-0.15, -0.1) is 0 Å². The maximum atomic E-state index is 13.1. The highest BCUT2D eigenvalue weighted by molar-refractivity contribution is 6.30. The molecular weight excluding hydrogens is 389 g/mol. The summed E-state index contributed by atoms with van der Waals surface area (Å²) in [4.78, 5) is 17.4. The van der Waals surface area contributed by atoms with Crippen LogP contribution < -0.4 is 5.73 Å². The summed E-state index contributed by atoms with van der Waals surface area (Å²) in [6, 6.07) is 14.5. The van der Waals surface area contributed by atoms with Crippen LogP contribution in [-0.2, 0) is 11.3 Å². The zero-order valence-electron chi connectivity index (χ0n) is 17.0. The molecule has 3 rings (SSSR count). The van der Waals surface area contributed by atoms with Gasteiger partial charge >= 0.3 is 0 Å². The highest BCUT2D eigenvalue weighted by Gasteiger charge is 2.32. The van der Waals surface area contributed by atoms with Crippen molar-refractivity contribution >= 4 is 17.5 Å². The Hall–Kier alpha value is -1.95. The molecule has 0 saturated carbocycles. The largest absolute Gasteiger partial charge is 0.337 e. The molecule has 0 aliphatic carbocycles. The van der Waals surface area contributed by atoms with Crippen molar-refractivity contribution in [2.24, 2.45) is 5.73 Å². The second kappa shape index (κ2) is 9.70. The third-order valence-electron chi connectivity index (χ3n) is 5.78. The van der Waals surface area contributed by atoms with Crippen LogP contribution in [0.5, 0.6) is 0 Å². The number of hydrogen-bond donors (Lipinski definition) is 1. The maximum Gasteiger partial charge on any atom is 0.223 e. The molecule has 1 aliphatic rings. The van der Waals surface area contributed by atoms with Gasteiger partial charge in [0.1, 0.15) is 5.82 Å². The number of rotatable bonds is 6. The highest BCUT2D eigenvalue weighted by atomic mass is 35.5. The molecule has 29 heavy (non-hydrogen) atoms. The van der Waals surface area contributed by atoms with Crippen LogP contribution in [0.1, 0.15) is 37.3 Å². The molecule has 1 aliphatic heterocycles. The minimum atomic E-state index is -0.222. The molecule has 156 valence electrons. The Morgan fingerprint density at radius 1 is 1.10 bits per heavy atom. The summed E-state index contributed by atoms with van der Waals surface area (Å²) in [6.07, 6.45) is 0.396. The first-order valence-electron chi connectivity index (χ1n) is 10.1. The van der Waals surface area contributed by atoms with Gasteiger partial charge in [0.05, 0.1) is 0 Å². The Balaban J connectivity index is 1.61. The van der Waals surface area contributed by atoms with Crippen LogP contribution in [-0.4, -0.2) is 47.4 Å². The summed E-state index contributed by atoms with van der Waals surface area (Å²) in [5.74, 6) is -0.101. The summed E-state index contributed by atoms with van der Waals surface area (Å²) in [5.41, 5.74) is 8.08. The van der Waals surface area contributed by atoms with Crippen LogP contribution in [0, 0.1) is 5.82 Å². The van der Waals surface area contributed by atoms with Gasteiger partial charge in [0.15, 0.2) is 0 Å². The van der Waals surface area contributed by atoms with E-state index in [0.717, 1.165) is 24.2 Å². The molecule has 3 atom stereocenters. The van der Waals surface area contributed by atoms with Crippen LogP contribution >= 0.6 is 11.6 Å². The van der Waals surface area contributed by atoms with Crippen LogP contribution in [0.25, 0.3) is 0 Å². The fraction of sp³-hybridized carbons (Fsp3) is 0.435. The summed E-state index contributed by atoms with van der Waals surface area (Å²) < 4.78 is 13.1. The molecule has 0 radical (unpaired) electrons. The Bertz CT molecular complexity index is 812. The standard InChI is InChI=1S/C23H29ClFN3O/c1-16-14-28(17(2)13-27(16)15-18-3-9-22(25)10-4-18)23(29)11-20(12-26)19-5-7-21(24)8-6-19/h3-10,16-17,20H,11-15,26H2,1-2H3/t16-,17+,20?/m1/s1. The Morgan fingerprint density at radius 2 is 1.76 bits per heavy atom. The summed E-state index contributed by atoms with van der Waals surface area (Å²) in [6.45, 7) is 6.86. The van der Waals surface area contributed by atoms with E-state index in [1.807, 2.05) is 41.3 Å². The van der Waals surface area contributed by atoms with Crippen LogP contribution in [0.3, 0.4) is 0 Å². The van der Waals surface area contributed by atoms with Gasteiger partial charge in [-0.05, 0) is 55.8 Å². The van der Waals surface area contributed by atoms with Crippen molar-refractivity contribution < 1.29 is 9.18 Å². The van der Waals surface area contributed by atoms with Gasteiger partial charge in [-0.2, -0.15) is 0 Å². The van der Waals surface area contributed by atoms with Crippen molar-refractivity contribution in [3.8, 4) is 0 Å². The molecule has 1 amide bonds. The van der Waals surface area contributed by atoms with E-state index in [9.17, 15) is 9.18 Å². The lowest BCUT2D eigenvalue weighted by Gasteiger charge is -2.44. The van der Waals surface area contributed by atoms with Gasteiger partial charge in [-0.25, -0.2) is 4.39 Å². The predicted octanol–water partition coefficient (Wildman–Crippen LogP) is 4.03. The summed E-state index contributed by atoms with van der Waals surface area (Å²) >= 11 is 5.97. The first-order chi connectivity index (χ1) is 13.9. The second-order valence-corrected chi connectivity index (χ2v) is 8.42. The number of carbonyl (C=O) groups is 1. The number of nitrogens with two attached hydrogens (primary N) is 1. The monoisotopic (exact) mass is 417 g/mol. The quantitative estimate of drug-likeness (QED) is 0.771. The SMILES string of the molecule is C[C@@H]1CN(C(=O)CC(CN)c2ccc(Cl)cc2)[C@@H](C)CN1Cc1ccc(F)cc1. The lowest BCUT2D eigenvalue weighted by molar-refractivity contribution is -0.137. The van der Waals surface area contributed by atoms with Gasteiger partial charge in [-0.1, -0.05) is 35.9 Å². The van der Waals surface area contributed by atoms with Crippen molar-refractivity contribution in [2.75, 3.05) is 19.6 Å². The maximum absolute atomic E-state index is 13.1. The van der Waals surface area contributed by atoms with Crippen molar-refractivity contribution in [3.63, 3.8) is 0 Å². The van der Waals surface area contributed by atoms with E-state index in [1.54, 1.807) is 0 Å². The summed E-state index contributed by atoms with van der Waals surface area (Å²) in [5, 5.41) is 0.676. The Labute approximate surface area is 177 Å². The zero-order valence-corrected chi connectivity index (χ0v) is 17.8. The number of amides is 1. The molecule has 2 N–H and O–H groups in total. The fourth-order valence-electron chi connectivity index (χ4n) is 3.99. The van der Waals surface area contributed by atoms with E-state index in [2.05, 4.69) is 18.7 Å². The van der Waals surface area contributed by atoms with E-state index < -0.39 is 0 Å². The highest BCUT2D eigenvalue weighted by Crippen LogP contribution is 2.24. The molecule has 4 nitrogen and oxygen atoms in total. The molecule has 0 bridgehead atoms. The molecule has 2 aromatic carbocycles. The molecule has 0 spiro atoms. The molecule has 2 aromatic rings. The molecule has 1 saturated heterocycles.